The first-order chi connectivity index (χ1) is 13.5. The second kappa shape index (κ2) is 8.52. The Kier molecular flexibility index (Phi) is 6.04. The van der Waals surface area contributed by atoms with Crippen molar-refractivity contribution in [2.45, 2.75) is 56.0 Å². The van der Waals surface area contributed by atoms with Gasteiger partial charge in [-0.25, -0.2) is 8.42 Å². The van der Waals surface area contributed by atoms with Crippen molar-refractivity contribution in [1.82, 2.24) is 9.80 Å². The van der Waals surface area contributed by atoms with E-state index in [1.807, 2.05) is 36.4 Å². The Hall–Kier alpha value is -1.43. The molecule has 2 aliphatic rings. The molecule has 2 fully saturated rings. The molecule has 1 aliphatic carbocycles. The fourth-order valence-electron chi connectivity index (χ4n) is 4.87. The molecule has 4 rings (SSSR count). The molecule has 0 unspecified atom stereocenters. The van der Waals surface area contributed by atoms with Gasteiger partial charge < -0.3 is 0 Å². The van der Waals surface area contributed by atoms with Gasteiger partial charge in [-0.05, 0) is 42.7 Å². The number of sulfone groups is 1. The van der Waals surface area contributed by atoms with E-state index in [9.17, 15) is 8.42 Å². The van der Waals surface area contributed by atoms with Crippen LogP contribution in [0, 0.1) is 0 Å². The Labute approximate surface area is 169 Å². The van der Waals surface area contributed by atoms with E-state index in [-0.39, 0.29) is 11.8 Å². The predicted molar refractivity (Wildman–Crippen MR) is 115 cm³/mol. The third kappa shape index (κ3) is 4.42. The molecule has 1 saturated carbocycles. The maximum Gasteiger partial charge on any atom is 0.179 e. The van der Waals surface area contributed by atoms with E-state index in [1.54, 1.807) is 6.07 Å². The van der Waals surface area contributed by atoms with Crippen LogP contribution in [0.5, 0.6) is 0 Å². The van der Waals surface area contributed by atoms with Crippen LogP contribution in [-0.4, -0.2) is 62.2 Å². The lowest BCUT2D eigenvalue weighted by Crippen LogP contribution is -2.54. The molecule has 0 N–H and O–H groups in total. The molecule has 5 heteroatoms. The smallest absolute Gasteiger partial charge is 0.179 e. The van der Waals surface area contributed by atoms with Crippen LogP contribution in [0.4, 0.5) is 0 Å². The van der Waals surface area contributed by atoms with Gasteiger partial charge in [0.1, 0.15) is 0 Å². The average Bonchev–Trinajstić information content (AvgIpc) is 2.74. The zero-order valence-corrected chi connectivity index (χ0v) is 17.7. The Bertz CT molecular complexity index is 898. The first-order valence-corrected chi connectivity index (χ1v) is 12.4. The molecule has 0 amide bonds. The van der Waals surface area contributed by atoms with Gasteiger partial charge in [0.15, 0.2) is 9.84 Å². The average molecular weight is 401 g/mol. The van der Waals surface area contributed by atoms with E-state index in [1.165, 1.54) is 32.1 Å². The lowest BCUT2D eigenvalue weighted by molar-refractivity contribution is 0.0649. The summed E-state index contributed by atoms with van der Waals surface area (Å²) in [5.41, 5.74) is 0. The first kappa shape index (κ1) is 19.9. The summed E-state index contributed by atoms with van der Waals surface area (Å²) in [4.78, 5) is 5.44. The van der Waals surface area contributed by atoms with E-state index in [0.29, 0.717) is 4.90 Å². The highest BCUT2D eigenvalue weighted by atomic mass is 32.2. The van der Waals surface area contributed by atoms with Gasteiger partial charge in [-0.15, -0.1) is 0 Å². The monoisotopic (exact) mass is 400 g/mol. The lowest BCUT2D eigenvalue weighted by atomic mass is 9.94. The van der Waals surface area contributed by atoms with Gasteiger partial charge in [-0.1, -0.05) is 49.6 Å². The normalized spacial score (nSPS) is 21.8. The summed E-state index contributed by atoms with van der Waals surface area (Å²) < 4.78 is 26.0. The van der Waals surface area contributed by atoms with Crippen LogP contribution in [0.25, 0.3) is 10.8 Å². The van der Waals surface area contributed by atoms with Gasteiger partial charge in [-0.3, -0.25) is 9.80 Å². The van der Waals surface area contributed by atoms with Crippen molar-refractivity contribution in [3.05, 3.63) is 42.5 Å². The zero-order chi connectivity index (χ0) is 19.6. The standard InChI is InChI=1S/C23H32N2O2S/c1-19(24-13-15-25(16-14-24)22-9-3-2-4-10-22)18-28(26,27)23-12-11-20-7-5-6-8-21(20)17-23/h5-8,11-12,17,19,22H,2-4,9-10,13-16,18H2,1H3/t19-/m1/s1. The van der Waals surface area contributed by atoms with Gasteiger partial charge in [0.25, 0.3) is 0 Å². The number of rotatable bonds is 5. The highest BCUT2D eigenvalue weighted by Gasteiger charge is 2.29. The highest BCUT2D eigenvalue weighted by molar-refractivity contribution is 7.91. The number of benzene rings is 2. The maximum atomic E-state index is 13.0. The molecule has 0 radical (unpaired) electrons. The molecule has 28 heavy (non-hydrogen) atoms. The number of nitrogens with zero attached hydrogens (tertiary/aromatic N) is 2. The second-order valence-electron chi connectivity index (χ2n) is 8.50. The molecular weight excluding hydrogens is 368 g/mol. The minimum absolute atomic E-state index is 0.0463. The fraction of sp³-hybridized carbons (Fsp3) is 0.565. The molecule has 2 aromatic carbocycles. The predicted octanol–water partition coefficient (Wildman–Crippen LogP) is 3.95. The third-order valence-electron chi connectivity index (χ3n) is 6.60. The van der Waals surface area contributed by atoms with Crippen molar-refractivity contribution < 1.29 is 8.42 Å². The van der Waals surface area contributed by atoms with Crippen LogP contribution in [0.1, 0.15) is 39.0 Å². The van der Waals surface area contributed by atoms with E-state index in [0.717, 1.165) is 43.0 Å². The van der Waals surface area contributed by atoms with Crippen molar-refractivity contribution in [1.29, 1.82) is 0 Å². The molecular formula is C23H32N2O2S. The van der Waals surface area contributed by atoms with Crippen LogP contribution < -0.4 is 0 Å². The summed E-state index contributed by atoms with van der Waals surface area (Å²) in [7, 11) is -3.29. The number of hydrogen-bond donors (Lipinski definition) is 0. The molecule has 1 atom stereocenters. The van der Waals surface area contributed by atoms with Gasteiger partial charge in [0.2, 0.25) is 0 Å². The minimum Gasteiger partial charge on any atom is -0.298 e. The molecule has 0 spiro atoms. The number of fused-ring (bicyclic) bond motifs is 1. The maximum absolute atomic E-state index is 13.0. The first-order valence-electron chi connectivity index (χ1n) is 10.7. The molecule has 1 saturated heterocycles. The van der Waals surface area contributed by atoms with E-state index in [2.05, 4.69) is 16.7 Å². The number of piperazine rings is 1. The molecule has 1 heterocycles. The van der Waals surface area contributed by atoms with Crippen LogP contribution in [0.3, 0.4) is 0 Å². The summed E-state index contributed by atoms with van der Waals surface area (Å²) in [6.07, 6.45) is 6.80. The Morgan fingerprint density at radius 3 is 2.32 bits per heavy atom. The second-order valence-corrected chi connectivity index (χ2v) is 10.5. The van der Waals surface area contributed by atoms with Gasteiger partial charge in [0, 0.05) is 38.3 Å². The topological polar surface area (TPSA) is 40.6 Å². The van der Waals surface area contributed by atoms with Gasteiger partial charge in [0.05, 0.1) is 10.6 Å². The third-order valence-corrected chi connectivity index (χ3v) is 8.50. The Balaban J connectivity index is 1.37. The van der Waals surface area contributed by atoms with E-state index >= 15 is 0 Å². The SMILES string of the molecule is C[C@H](CS(=O)(=O)c1ccc2ccccc2c1)N1CCN(C2CCCCC2)CC1. The Morgan fingerprint density at radius 1 is 0.929 bits per heavy atom. The van der Waals surface area contributed by atoms with E-state index in [4.69, 9.17) is 0 Å². The summed E-state index contributed by atoms with van der Waals surface area (Å²) in [6.45, 7) is 6.17. The zero-order valence-electron chi connectivity index (χ0n) is 16.9. The van der Waals surface area contributed by atoms with Gasteiger partial charge >= 0.3 is 0 Å². The quantitative estimate of drug-likeness (QED) is 0.762. The van der Waals surface area contributed by atoms with Crippen molar-refractivity contribution in [2.75, 3.05) is 31.9 Å². The molecule has 2 aromatic rings. The van der Waals surface area contributed by atoms with Crippen LogP contribution >= 0.6 is 0 Å². The molecule has 0 aromatic heterocycles. The summed E-state index contributed by atoms with van der Waals surface area (Å²) in [5.74, 6) is 0.189. The molecule has 1 aliphatic heterocycles. The van der Waals surface area contributed by atoms with Crippen molar-refractivity contribution >= 4 is 20.6 Å². The van der Waals surface area contributed by atoms with Crippen molar-refractivity contribution in [3.8, 4) is 0 Å². The number of hydrogen-bond acceptors (Lipinski definition) is 4. The van der Waals surface area contributed by atoms with Gasteiger partial charge in [-0.2, -0.15) is 0 Å². The molecule has 4 nitrogen and oxygen atoms in total. The minimum atomic E-state index is -3.29. The fourth-order valence-corrected chi connectivity index (χ4v) is 6.49. The largest absolute Gasteiger partial charge is 0.298 e. The lowest BCUT2D eigenvalue weighted by Gasteiger charge is -2.42. The molecule has 0 bridgehead atoms. The summed E-state index contributed by atoms with van der Waals surface area (Å²) in [5, 5.41) is 2.06. The Morgan fingerprint density at radius 2 is 1.61 bits per heavy atom. The van der Waals surface area contributed by atoms with E-state index < -0.39 is 9.84 Å². The summed E-state index contributed by atoms with van der Waals surface area (Å²) in [6, 6.07) is 14.2. The van der Waals surface area contributed by atoms with Crippen molar-refractivity contribution in [2.24, 2.45) is 0 Å². The van der Waals surface area contributed by atoms with Crippen LogP contribution in [0.2, 0.25) is 0 Å². The molecule has 152 valence electrons. The highest BCUT2D eigenvalue weighted by Crippen LogP contribution is 2.25. The van der Waals surface area contributed by atoms with Crippen LogP contribution in [-0.2, 0) is 9.84 Å². The van der Waals surface area contributed by atoms with Crippen molar-refractivity contribution in [3.63, 3.8) is 0 Å². The van der Waals surface area contributed by atoms with Crippen LogP contribution in [0.15, 0.2) is 47.4 Å². The summed E-state index contributed by atoms with van der Waals surface area (Å²) >= 11 is 0.